The Kier molecular flexibility index (Phi) is 5.21. The maximum atomic E-state index is 12.3. The summed E-state index contributed by atoms with van der Waals surface area (Å²) in [6.45, 7) is 7.01. The van der Waals surface area contributed by atoms with Crippen LogP contribution in [0.2, 0.25) is 0 Å². The summed E-state index contributed by atoms with van der Waals surface area (Å²) >= 11 is 0. The van der Waals surface area contributed by atoms with Gasteiger partial charge in [0.1, 0.15) is 0 Å². The molecular formula is C20H24N4O2. The summed E-state index contributed by atoms with van der Waals surface area (Å²) < 4.78 is 2.14. The highest BCUT2D eigenvalue weighted by molar-refractivity contribution is 5.96. The fourth-order valence-electron chi connectivity index (χ4n) is 3.22. The fraction of sp³-hybridized carbons (Fsp3) is 0.350. The van der Waals surface area contributed by atoms with Gasteiger partial charge in [-0.15, -0.1) is 0 Å². The third-order valence-electron chi connectivity index (χ3n) is 4.76. The van der Waals surface area contributed by atoms with E-state index in [4.69, 9.17) is 0 Å². The molecule has 6 nitrogen and oxygen atoms in total. The number of hydrogen-bond donors (Lipinski definition) is 1. The van der Waals surface area contributed by atoms with Crippen LogP contribution in [0.3, 0.4) is 0 Å². The molecular weight excluding hydrogens is 328 g/mol. The fourth-order valence-corrected chi connectivity index (χ4v) is 3.22. The van der Waals surface area contributed by atoms with Gasteiger partial charge in [-0.2, -0.15) is 5.10 Å². The van der Waals surface area contributed by atoms with Crippen molar-refractivity contribution in [2.45, 2.75) is 33.6 Å². The topological polar surface area (TPSA) is 66.7 Å². The minimum absolute atomic E-state index is 0.0846. The van der Waals surface area contributed by atoms with Gasteiger partial charge in [0, 0.05) is 61.2 Å². The molecule has 26 heavy (non-hydrogen) atoms. The summed E-state index contributed by atoms with van der Waals surface area (Å²) in [6, 6.07) is 11.6. The number of rotatable bonds is 3. The minimum atomic E-state index is -0.223. The lowest BCUT2D eigenvalue weighted by atomic mass is 10.1. The number of aromatic nitrogens is 1. The molecule has 136 valence electrons. The van der Waals surface area contributed by atoms with Gasteiger partial charge in [0.25, 0.3) is 5.91 Å². The predicted molar refractivity (Wildman–Crippen MR) is 102 cm³/mol. The Morgan fingerprint density at radius 2 is 1.54 bits per heavy atom. The Labute approximate surface area is 153 Å². The minimum Gasteiger partial charge on any atom is -0.342 e. The van der Waals surface area contributed by atoms with Crippen molar-refractivity contribution >= 4 is 17.5 Å². The molecule has 0 bridgehead atoms. The normalized spacial score (nSPS) is 14.3. The summed E-state index contributed by atoms with van der Waals surface area (Å²) in [5.41, 5.74) is 7.46. The molecule has 1 saturated heterocycles. The summed E-state index contributed by atoms with van der Waals surface area (Å²) in [5, 5.41) is 4.23. The van der Waals surface area contributed by atoms with E-state index in [2.05, 4.69) is 41.1 Å². The third-order valence-corrected chi connectivity index (χ3v) is 4.76. The van der Waals surface area contributed by atoms with E-state index in [0.717, 1.165) is 22.8 Å². The highest BCUT2D eigenvalue weighted by Gasteiger charge is 2.17. The summed E-state index contributed by atoms with van der Waals surface area (Å²) in [5.74, 6) is -0.139. The quantitative estimate of drug-likeness (QED) is 0.863. The first kappa shape index (κ1) is 17.9. The van der Waals surface area contributed by atoms with Crippen LogP contribution in [-0.2, 0) is 4.79 Å². The van der Waals surface area contributed by atoms with Crippen LogP contribution in [0.1, 0.15) is 41.5 Å². The molecule has 0 atom stereocenters. The second-order valence-corrected chi connectivity index (χ2v) is 6.62. The molecule has 2 aromatic rings. The largest absolute Gasteiger partial charge is 0.342 e. The van der Waals surface area contributed by atoms with Crippen LogP contribution in [0, 0.1) is 13.8 Å². The number of hydrazone groups is 1. The molecule has 1 aromatic heterocycles. The van der Waals surface area contributed by atoms with Crippen molar-refractivity contribution < 1.29 is 9.59 Å². The summed E-state index contributed by atoms with van der Waals surface area (Å²) in [7, 11) is 0. The lowest BCUT2D eigenvalue weighted by molar-refractivity contribution is -0.128. The zero-order chi connectivity index (χ0) is 18.7. The van der Waals surface area contributed by atoms with Gasteiger partial charge in [-0.05, 0) is 50.2 Å². The molecule has 1 aliphatic rings. The molecule has 0 spiro atoms. The molecule has 1 fully saturated rings. The van der Waals surface area contributed by atoms with Crippen LogP contribution in [0.15, 0.2) is 41.5 Å². The molecule has 1 aromatic carbocycles. The van der Waals surface area contributed by atoms with Gasteiger partial charge in [-0.25, -0.2) is 5.43 Å². The number of benzene rings is 1. The molecule has 6 heteroatoms. The van der Waals surface area contributed by atoms with Crippen molar-refractivity contribution in [1.82, 2.24) is 14.9 Å². The van der Waals surface area contributed by atoms with Crippen LogP contribution < -0.4 is 5.43 Å². The SMILES string of the molecule is CC(=O)N1CCC(=NNC(=O)c2ccc(-n3c(C)ccc3C)cc2)CC1. The Bertz CT molecular complexity index is 820. The summed E-state index contributed by atoms with van der Waals surface area (Å²) in [6.07, 6.45) is 1.40. The van der Waals surface area contributed by atoms with E-state index in [1.54, 1.807) is 11.8 Å². The number of likely N-dealkylation sites (tertiary alicyclic amines) is 1. The maximum Gasteiger partial charge on any atom is 0.271 e. The van der Waals surface area contributed by atoms with Crippen molar-refractivity contribution in [2.75, 3.05) is 13.1 Å². The zero-order valence-electron chi connectivity index (χ0n) is 15.5. The van der Waals surface area contributed by atoms with Gasteiger partial charge in [-0.3, -0.25) is 9.59 Å². The second-order valence-electron chi connectivity index (χ2n) is 6.62. The molecule has 0 radical (unpaired) electrons. The van der Waals surface area contributed by atoms with Gasteiger partial charge in [0.2, 0.25) is 5.91 Å². The number of piperidine rings is 1. The smallest absolute Gasteiger partial charge is 0.271 e. The molecule has 2 amide bonds. The Hall–Kier alpha value is -2.89. The number of hydrogen-bond acceptors (Lipinski definition) is 3. The van der Waals surface area contributed by atoms with Crippen LogP contribution in [0.4, 0.5) is 0 Å². The van der Waals surface area contributed by atoms with Crippen LogP contribution >= 0.6 is 0 Å². The van der Waals surface area contributed by atoms with Crippen LogP contribution in [0.25, 0.3) is 5.69 Å². The third kappa shape index (κ3) is 3.85. The van der Waals surface area contributed by atoms with Crippen molar-refractivity contribution in [3.05, 3.63) is 53.3 Å². The Morgan fingerprint density at radius 1 is 0.962 bits per heavy atom. The van der Waals surface area contributed by atoms with E-state index in [9.17, 15) is 9.59 Å². The molecule has 3 rings (SSSR count). The average Bonchev–Trinajstić information content (AvgIpc) is 2.98. The van der Waals surface area contributed by atoms with Crippen LogP contribution in [0.5, 0.6) is 0 Å². The number of amides is 2. The van der Waals surface area contributed by atoms with E-state index in [0.29, 0.717) is 31.5 Å². The highest BCUT2D eigenvalue weighted by atomic mass is 16.2. The van der Waals surface area contributed by atoms with Crippen molar-refractivity contribution in [3.63, 3.8) is 0 Å². The summed E-state index contributed by atoms with van der Waals surface area (Å²) in [4.78, 5) is 25.4. The predicted octanol–water partition coefficient (Wildman–Crippen LogP) is 2.82. The number of aryl methyl sites for hydroxylation is 2. The van der Waals surface area contributed by atoms with Gasteiger partial charge >= 0.3 is 0 Å². The van der Waals surface area contributed by atoms with E-state index in [1.165, 1.54) is 0 Å². The van der Waals surface area contributed by atoms with Crippen LogP contribution in [-0.4, -0.2) is 40.1 Å². The van der Waals surface area contributed by atoms with Gasteiger partial charge in [0.05, 0.1) is 0 Å². The molecule has 2 heterocycles. The van der Waals surface area contributed by atoms with Crippen molar-refractivity contribution in [2.24, 2.45) is 5.10 Å². The van der Waals surface area contributed by atoms with Crippen molar-refractivity contribution in [1.29, 1.82) is 0 Å². The van der Waals surface area contributed by atoms with E-state index in [-0.39, 0.29) is 11.8 Å². The number of carbonyl (C=O) groups excluding carboxylic acids is 2. The monoisotopic (exact) mass is 352 g/mol. The van der Waals surface area contributed by atoms with E-state index < -0.39 is 0 Å². The highest BCUT2D eigenvalue weighted by Crippen LogP contribution is 2.17. The molecule has 0 unspecified atom stereocenters. The lowest BCUT2D eigenvalue weighted by Crippen LogP contribution is -2.37. The van der Waals surface area contributed by atoms with Gasteiger partial charge in [-0.1, -0.05) is 0 Å². The van der Waals surface area contributed by atoms with Crippen molar-refractivity contribution in [3.8, 4) is 5.69 Å². The zero-order valence-corrected chi connectivity index (χ0v) is 15.5. The first-order chi connectivity index (χ1) is 12.5. The van der Waals surface area contributed by atoms with Gasteiger partial charge in [0.15, 0.2) is 0 Å². The van der Waals surface area contributed by atoms with Gasteiger partial charge < -0.3 is 9.47 Å². The second kappa shape index (κ2) is 7.56. The Balaban J connectivity index is 1.62. The first-order valence-electron chi connectivity index (χ1n) is 8.82. The molecule has 0 saturated carbocycles. The lowest BCUT2D eigenvalue weighted by Gasteiger charge is -2.26. The average molecular weight is 352 g/mol. The number of nitrogens with zero attached hydrogens (tertiary/aromatic N) is 3. The maximum absolute atomic E-state index is 12.3. The first-order valence-corrected chi connectivity index (χ1v) is 8.82. The molecule has 1 aliphatic heterocycles. The Morgan fingerprint density at radius 3 is 2.08 bits per heavy atom. The van der Waals surface area contributed by atoms with E-state index >= 15 is 0 Å². The molecule has 1 N–H and O–H groups in total. The standard InChI is InChI=1S/C20H24N4O2/c1-14-4-5-15(2)24(14)19-8-6-17(7-9-19)20(26)22-21-18-10-12-23(13-11-18)16(3)25/h4-9H,10-13H2,1-3H3,(H,22,26). The number of carbonyl (C=O) groups is 2. The number of nitrogens with one attached hydrogen (secondary N) is 1. The molecule has 0 aliphatic carbocycles. The van der Waals surface area contributed by atoms with E-state index in [1.807, 2.05) is 24.3 Å².